The summed E-state index contributed by atoms with van der Waals surface area (Å²) in [5.74, 6) is -0.481. The molecule has 0 unspecified atom stereocenters. The van der Waals surface area contributed by atoms with Gasteiger partial charge in [0.1, 0.15) is 13.2 Å². The van der Waals surface area contributed by atoms with Gasteiger partial charge in [0.05, 0.1) is 0 Å². The van der Waals surface area contributed by atoms with Crippen LogP contribution in [0.25, 0.3) is 0 Å². The Morgan fingerprint density at radius 1 is 0.630 bits per heavy atom. The van der Waals surface area contributed by atoms with Gasteiger partial charge >= 0.3 is 11.9 Å². The molecule has 0 fully saturated rings. The van der Waals surface area contributed by atoms with E-state index in [0.717, 1.165) is 17.5 Å². The highest BCUT2D eigenvalue weighted by atomic mass is 35.5. The van der Waals surface area contributed by atoms with E-state index in [-0.39, 0.29) is 25.2 Å². The summed E-state index contributed by atoms with van der Waals surface area (Å²) in [6, 6.07) is 14.3. The van der Waals surface area contributed by atoms with E-state index in [1.54, 1.807) is 24.3 Å². The van der Waals surface area contributed by atoms with E-state index in [1.165, 1.54) is 0 Å². The molecule has 2 aromatic carbocycles. The number of halogens is 2. The molecule has 0 aliphatic carbocycles. The van der Waals surface area contributed by atoms with Crippen molar-refractivity contribution in [2.75, 3.05) is 0 Å². The molecule has 6 heteroatoms. The standard InChI is InChI=1S/C21H22Cl2O4/c22-18-10-6-16(7-11-18)14-26-20(24)4-2-1-3-5-21(25)27-15-17-8-12-19(23)13-9-17/h6-13H,1-5,14-15H2. The first-order valence-electron chi connectivity index (χ1n) is 8.83. The number of carbonyl (C=O) groups is 2. The SMILES string of the molecule is O=C(CCCCCC(=O)OCc1ccc(Cl)cc1)OCc1ccc(Cl)cc1. The smallest absolute Gasteiger partial charge is 0.306 e. The van der Waals surface area contributed by atoms with Crippen molar-refractivity contribution in [1.29, 1.82) is 0 Å². The summed E-state index contributed by atoms with van der Waals surface area (Å²) in [5, 5.41) is 1.30. The summed E-state index contributed by atoms with van der Waals surface area (Å²) in [6.45, 7) is 0.486. The number of benzene rings is 2. The van der Waals surface area contributed by atoms with Crippen molar-refractivity contribution in [3.05, 3.63) is 69.7 Å². The first-order valence-corrected chi connectivity index (χ1v) is 9.58. The van der Waals surface area contributed by atoms with E-state index < -0.39 is 0 Å². The molecule has 0 aromatic heterocycles. The number of esters is 2. The Labute approximate surface area is 169 Å². The van der Waals surface area contributed by atoms with E-state index in [0.29, 0.717) is 35.7 Å². The van der Waals surface area contributed by atoms with Crippen LogP contribution in [0.15, 0.2) is 48.5 Å². The summed E-state index contributed by atoms with van der Waals surface area (Å²) in [6.07, 6.45) is 2.82. The maximum atomic E-state index is 11.7. The Balaban J connectivity index is 1.50. The van der Waals surface area contributed by atoms with Crippen LogP contribution in [0.4, 0.5) is 0 Å². The van der Waals surface area contributed by atoms with Crippen molar-refractivity contribution in [3.8, 4) is 0 Å². The molecule has 144 valence electrons. The fourth-order valence-electron chi connectivity index (χ4n) is 2.35. The number of hydrogen-bond donors (Lipinski definition) is 0. The molecule has 0 aliphatic heterocycles. The molecule has 0 amide bonds. The van der Waals surface area contributed by atoms with Gasteiger partial charge in [-0.15, -0.1) is 0 Å². The second-order valence-corrected chi connectivity index (χ2v) is 7.01. The van der Waals surface area contributed by atoms with Crippen molar-refractivity contribution in [2.24, 2.45) is 0 Å². The van der Waals surface area contributed by atoms with Crippen LogP contribution in [-0.2, 0) is 32.3 Å². The van der Waals surface area contributed by atoms with Crippen molar-refractivity contribution in [3.63, 3.8) is 0 Å². The minimum atomic E-state index is -0.240. The van der Waals surface area contributed by atoms with E-state index in [4.69, 9.17) is 32.7 Å². The molecule has 0 saturated carbocycles. The van der Waals surface area contributed by atoms with Crippen LogP contribution in [0.2, 0.25) is 10.0 Å². The predicted octanol–water partition coefficient (Wildman–Crippen LogP) is 5.73. The van der Waals surface area contributed by atoms with Gasteiger partial charge in [-0.1, -0.05) is 53.9 Å². The van der Waals surface area contributed by atoms with Crippen LogP contribution in [0.5, 0.6) is 0 Å². The topological polar surface area (TPSA) is 52.6 Å². The zero-order valence-electron chi connectivity index (χ0n) is 15.0. The lowest BCUT2D eigenvalue weighted by Crippen LogP contribution is -2.06. The molecule has 0 heterocycles. The Kier molecular flexibility index (Phi) is 9.16. The molecule has 0 aliphatic rings. The summed E-state index contributed by atoms with van der Waals surface area (Å²) in [5.41, 5.74) is 1.80. The highest BCUT2D eigenvalue weighted by molar-refractivity contribution is 6.30. The van der Waals surface area contributed by atoms with Gasteiger partial charge in [-0.25, -0.2) is 0 Å². The third-order valence-electron chi connectivity index (χ3n) is 3.89. The normalized spacial score (nSPS) is 10.4. The van der Waals surface area contributed by atoms with Crippen molar-refractivity contribution in [2.45, 2.75) is 45.3 Å². The van der Waals surface area contributed by atoms with Crippen LogP contribution >= 0.6 is 23.2 Å². The second kappa shape index (κ2) is 11.6. The van der Waals surface area contributed by atoms with Gasteiger partial charge in [-0.05, 0) is 48.2 Å². The maximum Gasteiger partial charge on any atom is 0.306 e. The third-order valence-corrected chi connectivity index (χ3v) is 4.39. The number of carbonyl (C=O) groups excluding carboxylic acids is 2. The fourth-order valence-corrected chi connectivity index (χ4v) is 2.60. The average Bonchev–Trinajstić information content (AvgIpc) is 2.67. The first kappa shape index (κ1) is 21.3. The predicted molar refractivity (Wildman–Crippen MR) is 106 cm³/mol. The van der Waals surface area contributed by atoms with Crippen LogP contribution in [-0.4, -0.2) is 11.9 Å². The van der Waals surface area contributed by atoms with E-state index in [1.807, 2.05) is 24.3 Å². The molecule has 0 radical (unpaired) electrons. The maximum absolute atomic E-state index is 11.7. The molecule has 4 nitrogen and oxygen atoms in total. The van der Waals surface area contributed by atoms with Gasteiger partial charge in [0, 0.05) is 22.9 Å². The van der Waals surface area contributed by atoms with Gasteiger partial charge in [0.25, 0.3) is 0 Å². The van der Waals surface area contributed by atoms with Gasteiger partial charge in [-0.3, -0.25) is 9.59 Å². The molecule has 0 bridgehead atoms. The lowest BCUT2D eigenvalue weighted by Gasteiger charge is -2.06. The van der Waals surface area contributed by atoms with Crippen LogP contribution < -0.4 is 0 Å². The summed E-state index contributed by atoms with van der Waals surface area (Å²) in [7, 11) is 0. The van der Waals surface area contributed by atoms with Gasteiger partial charge < -0.3 is 9.47 Å². The Morgan fingerprint density at radius 2 is 1.00 bits per heavy atom. The zero-order chi connectivity index (χ0) is 19.5. The molecular weight excluding hydrogens is 387 g/mol. The summed E-state index contributed by atoms with van der Waals surface area (Å²) >= 11 is 11.6. The van der Waals surface area contributed by atoms with Crippen molar-refractivity contribution >= 4 is 35.1 Å². The van der Waals surface area contributed by atoms with E-state index in [9.17, 15) is 9.59 Å². The Morgan fingerprint density at radius 3 is 1.37 bits per heavy atom. The number of ether oxygens (including phenoxy) is 2. The fraction of sp³-hybridized carbons (Fsp3) is 0.333. The highest BCUT2D eigenvalue weighted by Crippen LogP contribution is 2.13. The Hall–Kier alpha value is -2.04. The molecule has 27 heavy (non-hydrogen) atoms. The van der Waals surface area contributed by atoms with Gasteiger partial charge in [0.2, 0.25) is 0 Å². The highest BCUT2D eigenvalue weighted by Gasteiger charge is 2.06. The molecule has 0 atom stereocenters. The molecule has 0 spiro atoms. The molecule has 0 N–H and O–H groups in total. The lowest BCUT2D eigenvalue weighted by atomic mass is 10.1. The lowest BCUT2D eigenvalue weighted by molar-refractivity contribution is -0.145. The third kappa shape index (κ3) is 8.94. The van der Waals surface area contributed by atoms with Crippen LogP contribution in [0.1, 0.15) is 43.2 Å². The summed E-state index contributed by atoms with van der Waals surface area (Å²) in [4.78, 5) is 23.4. The van der Waals surface area contributed by atoms with Crippen molar-refractivity contribution in [1.82, 2.24) is 0 Å². The number of rotatable bonds is 10. The molecule has 2 rings (SSSR count). The van der Waals surface area contributed by atoms with Gasteiger partial charge in [-0.2, -0.15) is 0 Å². The van der Waals surface area contributed by atoms with E-state index in [2.05, 4.69) is 0 Å². The monoisotopic (exact) mass is 408 g/mol. The largest absolute Gasteiger partial charge is 0.461 e. The number of unbranched alkanes of at least 4 members (excludes halogenated alkanes) is 2. The second-order valence-electron chi connectivity index (χ2n) is 6.13. The molecule has 0 saturated heterocycles. The minimum Gasteiger partial charge on any atom is -0.461 e. The summed E-state index contributed by atoms with van der Waals surface area (Å²) < 4.78 is 10.4. The van der Waals surface area contributed by atoms with Gasteiger partial charge in [0.15, 0.2) is 0 Å². The molecule has 2 aromatic rings. The quantitative estimate of drug-likeness (QED) is 0.372. The van der Waals surface area contributed by atoms with Crippen LogP contribution in [0, 0.1) is 0 Å². The first-order chi connectivity index (χ1) is 13.0. The zero-order valence-corrected chi connectivity index (χ0v) is 16.5. The average molecular weight is 409 g/mol. The minimum absolute atomic E-state index is 0.240. The van der Waals surface area contributed by atoms with Crippen molar-refractivity contribution < 1.29 is 19.1 Å². The number of hydrogen-bond acceptors (Lipinski definition) is 4. The van der Waals surface area contributed by atoms with Crippen LogP contribution in [0.3, 0.4) is 0 Å². The Bertz CT molecular complexity index is 663. The molecular formula is C21H22Cl2O4. The van der Waals surface area contributed by atoms with E-state index >= 15 is 0 Å².